The van der Waals surface area contributed by atoms with Crippen LogP contribution in [0.4, 0.5) is 0 Å². The Labute approximate surface area is 226 Å². The lowest BCUT2D eigenvalue weighted by Gasteiger charge is -2.27. The predicted molar refractivity (Wildman–Crippen MR) is 146 cm³/mol. The van der Waals surface area contributed by atoms with Crippen LogP contribution in [0.3, 0.4) is 0 Å². The summed E-state index contributed by atoms with van der Waals surface area (Å²) in [6, 6.07) is 12.3. The minimum atomic E-state index is -3.94. The van der Waals surface area contributed by atoms with Crippen LogP contribution in [0.15, 0.2) is 59.8 Å². The number of fused-ring (bicyclic) bond motifs is 1. The van der Waals surface area contributed by atoms with Crippen LogP contribution in [0, 0.1) is 5.41 Å². The number of nitrogens with zero attached hydrogens (tertiary/aromatic N) is 2. The average Bonchev–Trinajstić information content (AvgIpc) is 3.22. The third-order valence-corrected chi connectivity index (χ3v) is 9.14. The molecule has 1 saturated heterocycles. The zero-order chi connectivity index (χ0) is 27.5. The summed E-state index contributed by atoms with van der Waals surface area (Å²) in [5.74, 6) is -1.22. The highest BCUT2D eigenvalue weighted by atomic mass is 32.2. The van der Waals surface area contributed by atoms with Crippen LogP contribution in [0.5, 0.6) is 0 Å². The maximum atomic E-state index is 13.4. The number of amides is 2. The van der Waals surface area contributed by atoms with E-state index in [0.717, 1.165) is 14.4 Å². The molecule has 11 heteroatoms. The summed E-state index contributed by atoms with van der Waals surface area (Å²) >= 11 is 1.35. The zero-order valence-electron chi connectivity index (χ0n) is 21.6. The quantitative estimate of drug-likeness (QED) is 0.460. The van der Waals surface area contributed by atoms with E-state index >= 15 is 0 Å². The minimum absolute atomic E-state index is 0.121. The number of carbonyl (C=O) groups excluding carboxylic acids is 3. The van der Waals surface area contributed by atoms with Crippen LogP contribution in [-0.2, 0) is 19.6 Å². The van der Waals surface area contributed by atoms with Gasteiger partial charge >= 0.3 is 0 Å². The molecule has 0 aliphatic carbocycles. The van der Waals surface area contributed by atoms with Crippen molar-refractivity contribution < 1.29 is 22.8 Å². The van der Waals surface area contributed by atoms with Gasteiger partial charge in [-0.3, -0.25) is 14.4 Å². The molecule has 4 rings (SSSR count). The molecule has 3 heterocycles. The van der Waals surface area contributed by atoms with Crippen molar-refractivity contribution in [3.63, 3.8) is 0 Å². The smallest absolute Gasteiger partial charge is 0.262 e. The van der Waals surface area contributed by atoms with Gasteiger partial charge in [-0.1, -0.05) is 45.0 Å². The fourth-order valence-electron chi connectivity index (χ4n) is 4.40. The third kappa shape index (κ3) is 6.64. The third-order valence-electron chi connectivity index (χ3n) is 6.27. The predicted octanol–water partition coefficient (Wildman–Crippen LogP) is 3.37. The van der Waals surface area contributed by atoms with E-state index in [9.17, 15) is 22.8 Å². The summed E-state index contributed by atoms with van der Waals surface area (Å²) in [5, 5.41) is 6.48. The summed E-state index contributed by atoms with van der Waals surface area (Å²) in [7, 11) is -3.94. The highest BCUT2D eigenvalue weighted by Gasteiger charge is 2.35. The highest BCUT2D eigenvalue weighted by molar-refractivity contribution is 7.89. The highest BCUT2D eigenvalue weighted by Crippen LogP contribution is 2.26. The van der Waals surface area contributed by atoms with Crippen LogP contribution in [0.2, 0.25) is 0 Å². The Bertz CT molecular complexity index is 1400. The Morgan fingerprint density at radius 2 is 1.89 bits per heavy atom. The number of benzene rings is 1. The number of Topliss-reactive ketones (excluding diaryl/α,β-unsaturated/α-hetero) is 1. The van der Waals surface area contributed by atoms with Crippen LogP contribution in [0.1, 0.15) is 49.7 Å². The Morgan fingerprint density at radius 1 is 1.16 bits per heavy atom. The van der Waals surface area contributed by atoms with Crippen molar-refractivity contribution in [3.05, 3.63) is 59.6 Å². The molecule has 0 bridgehead atoms. The maximum absolute atomic E-state index is 13.4. The molecule has 9 nitrogen and oxygen atoms in total. The molecule has 0 radical (unpaired) electrons. The molecule has 2 N–H and O–H groups in total. The first-order valence-corrected chi connectivity index (χ1v) is 14.7. The van der Waals surface area contributed by atoms with Gasteiger partial charge < -0.3 is 10.6 Å². The molecule has 2 atom stereocenters. The number of thiophene rings is 1. The van der Waals surface area contributed by atoms with Gasteiger partial charge in [-0.15, -0.1) is 11.3 Å². The Hall–Kier alpha value is -3.15. The molecule has 2 aromatic heterocycles. The molecule has 1 aliphatic heterocycles. The van der Waals surface area contributed by atoms with Gasteiger partial charge in [-0.25, -0.2) is 13.4 Å². The molecule has 3 aromatic rings. The van der Waals surface area contributed by atoms with Gasteiger partial charge in [0, 0.05) is 17.4 Å². The number of hydrogen-bond donors (Lipinski definition) is 2. The number of hydrogen-bond acceptors (Lipinski definition) is 7. The molecule has 0 unspecified atom stereocenters. The van der Waals surface area contributed by atoms with Crippen molar-refractivity contribution in [1.82, 2.24) is 19.9 Å². The molecule has 1 aliphatic rings. The number of carbonyl (C=O) groups is 3. The van der Waals surface area contributed by atoms with Crippen molar-refractivity contribution in [1.29, 1.82) is 0 Å². The number of nitrogens with one attached hydrogen (secondary N) is 2. The van der Waals surface area contributed by atoms with E-state index in [0.29, 0.717) is 24.1 Å². The lowest BCUT2D eigenvalue weighted by molar-refractivity contribution is -0.129. The minimum Gasteiger partial charge on any atom is -0.344 e. The molecular weight excluding hydrogens is 524 g/mol. The standard InChI is InChI=1S/C27H32N4O5S2/c1-27(2,3)16-20(30-26(34)23-15-18-9-4-5-11-22(18)37-23)25(33)29-19-10-8-14-31(17-21(19)32)38(35,36)24-12-6-7-13-28-24/h4-7,9,11-13,15,19-20H,8,10,14,16-17H2,1-3H3,(H,29,33)(H,30,34)/t19-,20-/m0/s1. The average molecular weight is 557 g/mol. The lowest BCUT2D eigenvalue weighted by Crippen LogP contribution is -2.53. The molecule has 202 valence electrons. The van der Waals surface area contributed by atoms with E-state index in [4.69, 9.17) is 0 Å². The van der Waals surface area contributed by atoms with E-state index in [1.807, 2.05) is 45.0 Å². The Kier molecular flexibility index (Phi) is 8.29. The summed E-state index contributed by atoms with van der Waals surface area (Å²) in [6.07, 6.45) is 2.43. The first-order chi connectivity index (χ1) is 17.9. The number of pyridine rings is 1. The normalized spacial score (nSPS) is 18.1. The molecule has 0 saturated carbocycles. The second-order valence-corrected chi connectivity index (χ2v) is 13.6. The van der Waals surface area contributed by atoms with Crippen molar-refractivity contribution in [2.45, 2.75) is 57.1 Å². The van der Waals surface area contributed by atoms with Gasteiger partial charge in [0.25, 0.3) is 15.9 Å². The molecule has 1 aromatic carbocycles. The first-order valence-electron chi connectivity index (χ1n) is 12.5. The summed E-state index contributed by atoms with van der Waals surface area (Å²) in [4.78, 5) is 43.9. The molecule has 38 heavy (non-hydrogen) atoms. The number of aromatic nitrogens is 1. The van der Waals surface area contributed by atoms with Gasteiger partial charge in [0.1, 0.15) is 6.04 Å². The van der Waals surface area contributed by atoms with Crippen LogP contribution in [0.25, 0.3) is 10.1 Å². The van der Waals surface area contributed by atoms with Gasteiger partial charge in [-0.05, 0) is 54.3 Å². The number of ketones is 1. The van der Waals surface area contributed by atoms with Gasteiger partial charge in [0.15, 0.2) is 10.8 Å². The second-order valence-electron chi connectivity index (χ2n) is 10.6. The van der Waals surface area contributed by atoms with E-state index in [1.165, 1.54) is 23.6 Å². The zero-order valence-corrected chi connectivity index (χ0v) is 23.3. The first kappa shape index (κ1) is 27.9. The fourth-order valence-corrected chi connectivity index (χ4v) is 6.74. The lowest BCUT2D eigenvalue weighted by atomic mass is 9.87. The molecule has 0 spiro atoms. The van der Waals surface area contributed by atoms with Crippen molar-refractivity contribution in [2.24, 2.45) is 5.41 Å². The van der Waals surface area contributed by atoms with Gasteiger partial charge in [-0.2, -0.15) is 4.31 Å². The van der Waals surface area contributed by atoms with Crippen LogP contribution in [-0.4, -0.2) is 60.5 Å². The van der Waals surface area contributed by atoms with Crippen molar-refractivity contribution in [3.8, 4) is 0 Å². The fraction of sp³-hybridized carbons (Fsp3) is 0.407. The summed E-state index contributed by atoms with van der Waals surface area (Å²) in [5.41, 5.74) is -0.281. The monoisotopic (exact) mass is 556 g/mol. The van der Waals surface area contributed by atoms with E-state index < -0.39 is 33.8 Å². The Balaban J connectivity index is 1.46. The second kappa shape index (κ2) is 11.3. The van der Waals surface area contributed by atoms with Gasteiger partial charge in [0.05, 0.1) is 17.5 Å². The molecular formula is C27H32N4O5S2. The van der Waals surface area contributed by atoms with E-state index in [2.05, 4.69) is 15.6 Å². The summed E-state index contributed by atoms with van der Waals surface area (Å²) in [6.45, 7) is 5.69. The largest absolute Gasteiger partial charge is 0.344 e. The number of sulfonamides is 1. The van der Waals surface area contributed by atoms with Gasteiger partial charge in [0.2, 0.25) is 5.91 Å². The number of rotatable bonds is 7. The van der Waals surface area contributed by atoms with E-state index in [1.54, 1.807) is 18.2 Å². The van der Waals surface area contributed by atoms with Crippen LogP contribution >= 0.6 is 11.3 Å². The summed E-state index contributed by atoms with van der Waals surface area (Å²) < 4.78 is 28.0. The Morgan fingerprint density at radius 3 is 2.58 bits per heavy atom. The molecule has 1 fully saturated rings. The van der Waals surface area contributed by atoms with Crippen molar-refractivity contribution >= 4 is 49.0 Å². The van der Waals surface area contributed by atoms with Crippen LogP contribution < -0.4 is 10.6 Å². The van der Waals surface area contributed by atoms with Crippen molar-refractivity contribution in [2.75, 3.05) is 13.1 Å². The molecule has 2 amide bonds. The topological polar surface area (TPSA) is 126 Å². The SMILES string of the molecule is CC(C)(C)C[C@H](NC(=O)c1cc2ccccc2s1)C(=O)N[C@H]1CCCN(S(=O)(=O)c2ccccn2)CC1=O. The van der Waals surface area contributed by atoms with E-state index in [-0.39, 0.29) is 29.4 Å². The maximum Gasteiger partial charge on any atom is 0.262 e.